The third-order valence-corrected chi connectivity index (χ3v) is 1.51. The number of benzene rings is 1. The first-order chi connectivity index (χ1) is 6.06. The largest absolute Gasteiger partial charge is 0.502 e. The summed E-state index contributed by atoms with van der Waals surface area (Å²) in [5.41, 5.74) is -0.619. The molecule has 4 nitrogen and oxygen atoms in total. The van der Waals surface area contributed by atoms with Gasteiger partial charge in [-0.3, -0.25) is 10.1 Å². The van der Waals surface area contributed by atoms with E-state index in [2.05, 4.69) is 6.58 Å². The molecule has 1 N–H and O–H groups in total. The zero-order valence-corrected chi connectivity index (χ0v) is 6.53. The van der Waals surface area contributed by atoms with Gasteiger partial charge < -0.3 is 5.11 Å². The molecule has 0 unspecified atom stereocenters. The maximum absolute atomic E-state index is 12.9. The van der Waals surface area contributed by atoms with E-state index in [4.69, 9.17) is 5.11 Å². The van der Waals surface area contributed by atoms with Crippen LogP contribution in [-0.4, -0.2) is 10.0 Å². The lowest BCUT2D eigenvalue weighted by molar-refractivity contribution is -0.386. The minimum absolute atomic E-state index is 0.0306. The predicted octanol–water partition coefficient (Wildman–Crippen LogP) is 2.08. The van der Waals surface area contributed by atoms with E-state index >= 15 is 0 Å². The highest BCUT2D eigenvalue weighted by atomic mass is 19.1. The van der Waals surface area contributed by atoms with Gasteiger partial charge in [0.05, 0.1) is 11.0 Å². The number of nitro benzene ring substituents is 1. The summed E-state index contributed by atoms with van der Waals surface area (Å²) in [5, 5.41) is 19.3. The fourth-order valence-electron chi connectivity index (χ4n) is 0.870. The summed E-state index contributed by atoms with van der Waals surface area (Å²) >= 11 is 0. The molecule has 0 aliphatic carbocycles. The molecule has 0 atom stereocenters. The molecular formula is C8H6FNO3. The van der Waals surface area contributed by atoms with Crippen LogP contribution in [0.25, 0.3) is 6.08 Å². The summed E-state index contributed by atoms with van der Waals surface area (Å²) in [4.78, 5) is 9.37. The van der Waals surface area contributed by atoms with E-state index in [1.807, 2.05) is 0 Å². The molecule has 1 aromatic rings. The molecule has 0 aromatic heterocycles. The number of rotatable bonds is 2. The number of nitro groups is 1. The lowest BCUT2D eigenvalue weighted by atomic mass is 10.2. The van der Waals surface area contributed by atoms with Crippen LogP contribution in [0.5, 0.6) is 5.75 Å². The smallest absolute Gasteiger partial charge is 0.313 e. The van der Waals surface area contributed by atoms with E-state index in [1.165, 1.54) is 6.08 Å². The van der Waals surface area contributed by atoms with Gasteiger partial charge in [0.2, 0.25) is 0 Å². The molecule has 0 radical (unpaired) electrons. The second-order valence-corrected chi connectivity index (χ2v) is 2.32. The van der Waals surface area contributed by atoms with E-state index in [-0.39, 0.29) is 5.56 Å². The maximum Gasteiger partial charge on any atom is 0.313 e. The van der Waals surface area contributed by atoms with Gasteiger partial charge in [-0.05, 0) is 6.07 Å². The van der Waals surface area contributed by atoms with Gasteiger partial charge in [0.1, 0.15) is 5.82 Å². The Bertz CT molecular complexity index is 376. The van der Waals surface area contributed by atoms with E-state index in [0.29, 0.717) is 6.07 Å². The summed E-state index contributed by atoms with van der Waals surface area (Å²) in [6.07, 6.45) is 1.17. The number of halogens is 1. The molecule has 1 rings (SSSR count). The molecule has 0 fully saturated rings. The Hall–Kier alpha value is -1.91. The second kappa shape index (κ2) is 3.22. The first kappa shape index (κ1) is 9.18. The number of hydrogen-bond donors (Lipinski definition) is 1. The molecule has 0 saturated heterocycles. The summed E-state index contributed by atoms with van der Waals surface area (Å²) in [6, 6.07) is 1.62. The first-order valence-corrected chi connectivity index (χ1v) is 3.35. The third kappa shape index (κ3) is 1.64. The summed E-state index contributed by atoms with van der Waals surface area (Å²) in [6.45, 7) is 3.29. The summed E-state index contributed by atoms with van der Waals surface area (Å²) < 4.78 is 12.9. The van der Waals surface area contributed by atoms with Crippen molar-refractivity contribution >= 4 is 11.8 Å². The van der Waals surface area contributed by atoms with Gasteiger partial charge >= 0.3 is 5.69 Å². The third-order valence-electron chi connectivity index (χ3n) is 1.51. The minimum Gasteiger partial charge on any atom is -0.502 e. The average molecular weight is 183 g/mol. The zero-order valence-electron chi connectivity index (χ0n) is 6.53. The lowest BCUT2D eigenvalue weighted by Gasteiger charge is -1.99. The molecular weight excluding hydrogens is 177 g/mol. The summed E-state index contributed by atoms with van der Waals surface area (Å²) in [7, 11) is 0. The molecule has 0 heterocycles. The molecule has 0 amide bonds. The van der Waals surface area contributed by atoms with Crippen molar-refractivity contribution in [1.82, 2.24) is 0 Å². The fourth-order valence-corrected chi connectivity index (χ4v) is 0.870. The Balaban J connectivity index is 3.36. The number of phenolic OH excluding ortho intramolecular Hbond substituents is 1. The molecule has 0 aliphatic rings. The summed E-state index contributed by atoms with van der Waals surface area (Å²) in [5.74, 6) is -1.35. The minimum atomic E-state index is -0.856. The average Bonchev–Trinajstić information content (AvgIpc) is 2.07. The van der Waals surface area contributed by atoms with Crippen molar-refractivity contribution < 1.29 is 14.4 Å². The Morgan fingerprint density at radius 3 is 2.69 bits per heavy atom. The lowest BCUT2D eigenvalue weighted by Crippen LogP contribution is -1.91. The number of aromatic hydroxyl groups is 1. The Morgan fingerprint density at radius 1 is 1.62 bits per heavy atom. The van der Waals surface area contributed by atoms with Crippen molar-refractivity contribution in [2.24, 2.45) is 0 Å². The maximum atomic E-state index is 12.9. The molecule has 5 heteroatoms. The second-order valence-electron chi connectivity index (χ2n) is 2.32. The molecule has 0 spiro atoms. The van der Waals surface area contributed by atoms with Crippen LogP contribution >= 0.6 is 0 Å². The van der Waals surface area contributed by atoms with Gasteiger partial charge in [-0.15, -0.1) is 0 Å². The zero-order chi connectivity index (χ0) is 10.0. The van der Waals surface area contributed by atoms with E-state index in [0.717, 1.165) is 6.07 Å². The standard InChI is InChI=1S/C8H6FNO3/c1-2-5-3-8(11)7(10(12)13)4-6(5)9/h2-4,11H,1H2. The molecule has 13 heavy (non-hydrogen) atoms. The van der Waals surface area contributed by atoms with Crippen molar-refractivity contribution in [2.75, 3.05) is 0 Å². The Kier molecular flexibility index (Phi) is 2.27. The van der Waals surface area contributed by atoms with Gasteiger partial charge in [0.15, 0.2) is 5.75 Å². The van der Waals surface area contributed by atoms with Gasteiger partial charge in [0.25, 0.3) is 0 Å². The van der Waals surface area contributed by atoms with Crippen LogP contribution in [0.2, 0.25) is 0 Å². The molecule has 1 aromatic carbocycles. The van der Waals surface area contributed by atoms with Gasteiger partial charge in [0, 0.05) is 5.56 Å². The van der Waals surface area contributed by atoms with Crippen molar-refractivity contribution in [3.63, 3.8) is 0 Å². The predicted molar refractivity (Wildman–Crippen MR) is 44.8 cm³/mol. The van der Waals surface area contributed by atoms with Gasteiger partial charge in [-0.25, -0.2) is 4.39 Å². The highest BCUT2D eigenvalue weighted by Crippen LogP contribution is 2.28. The fraction of sp³-hybridized carbons (Fsp3) is 0. The van der Waals surface area contributed by atoms with Crippen LogP contribution in [0, 0.1) is 15.9 Å². The molecule has 0 saturated carbocycles. The number of nitrogens with zero attached hydrogens (tertiary/aromatic N) is 1. The van der Waals surface area contributed by atoms with Crippen molar-refractivity contribution in [2.45, 2.75) is 0 Å². The number of hydrogen-bond acceptors (Lipinski definition) is 3. The molecule has 68 valence electrons. The SMILES string of the molecule is C=Cc1cc(O)c([N+](=O)[O-])cc1F. The number of phenols is 1. The Morgan fingerprint density at radius 2 is 2.23 bits per heavy atom. The normalized spacial score (nSPS) is 9.62. The van der Waals surface area contributed by atoms with Gasteiger partial charge in [-0.1, -0.05) is 12.7 Å². The molecule has 0 bridgehead atoms. The molecule has 0 aliphatic heterocycles. The highest BCUT2D eigenvalue weighted by molar-refractivity contribution is 5.57. The van der Waals surface area contributed by atoms with Crippen LogP contribution in [-0.2, 0) is 0 Å². The van der Waals surface area contributed by atoms with E-state index < -0.39 is 22.2 Å². The van der Waals surface area contributed by atoms with Crippen molar-refractivity contribution in [1.29, 1.82) is 0 Å². The monoisotopic (exact) mass is 183 g/mol. The van der Waals surface area contributed by atoms with Crippen LogP contribution in [0.1, 0.15) is 5.56 Å². The van der Waals surface area contributed by atoms with E-state index in [9.17, 15) is 14.5 Å². The van der Waals surface area contributed by atoms with Crippen LogP contribution in [0.15, 0.2) is 18.7 Å². The van der Waals surface area contributed by atoms with Crippen molar-refractivity contribution in [3.8, 4) is 5.75 Å². The quantitative estimate of drug-likeness (QED) is 0.563. The first-order valence-electron chi connectivity index (χ1n) is 3.35. The van der Waals surface area contributed by atoms with E-state index in [1.54, 1.807) is 0 Å². The van der Waals surface area contributed by atoms with Crippen LogP contribution < -0.4 is 0 Å². The topological polar surface area (TPSA) is 63.4 Å². The van der Waals surface area contributed by atoms with Crippen LogP contribution in [0.4, 0.5) is 10.1 Å². The van der Waals surface area contributed by atoms with Crippen molar-refractivity contribution in [3.05, 3.63) is 40.2 Å². The van der Waals surface area contributed by atoms with Gasteiger partial charge in [-0.2, -0.15) is 0 Å². The Labute approximate surface area is 73.1 Å². The highest BCUT2D eigenvalue weighted by Gasteiger charge is 2.16. The van der Waals surface area contributed by atoms with Crippen LogP contribution in [0.3, 0.4) is 0 Å².